The number of nitrogens with zero attached hydrogens (tertiary/aromatic N) is 2. The number of aryl methyl sites for hydroxylation is 1. The lowest BCUT2D eigenvalue weighted by Gasteiger charge is -2.01. The van der Waals surface area contributed by atoms with Crippen LogP contribution in [-0.2, 0) is 7.05 Å². The fourth-order valence-electron chi connectivity index (χ4n) is 1.32. The van der Waals surface area contributed by atoms with Crippen LogP contribution in [0.1, 0.15) is 6.92 Å². The number of rotatable bonds is 2. The maximum absolute atomic E-state index is 5.36. The van der Waals surface area contributed by atoms with E-state index in [9.17, 15) is 0 Å². The molecule has 0 fully saturated rings. The van der Waals surface area contributed by atoms with Crippen molar-refractivity contribution in [2.24, 2.45) is 7.05 Å². The van der Waals surface area contributed by atoms with E-state index >= 15 is 0 Å². The van der Waals surface area contributed by atoms with E-state index < -0.39 is 0 Å². The van der Waals surface area contributed by atoms with Gasteiger partial charge >= 0.3 is 0 Å². The van der Waals surface area contributed by atoms with Crippen LogP contribution in [0.15, 0.2) is 18.2 Å². The van der Waals surface area contributed by atoms with Gasteiger partial charge in [0.15, 0.2) is 6.33 Å². The van der Waals surface area contributed by atoms with Crippen LogP contribution >= 0.6 is 0 Å². The number of imidazole rings is 1. The summed E-state index contributed by atoms with van der Waals surface area (Å²) >= 11 is 0. The monoisotopic (exact) mass is 175 g/mol. The van der Waals surface area contributed by atoms with Crippen molar-refractivity contribution in [3.8, 4) is 5.75 Å². The molecule has 2 aromatic rings. The van der Waals surface area contributed by atoms with E-state index in [0.717, 1.165) is 16.8 Å². The molecular weight excluding hydrogens is 164 g/mol. The zero-order chi connectivity index (χ0) is 9.26. The van der Waals surface area contributed by atoms with Crippen molar-refractivity contribution >= 4 is 11.0 Å². The lowest BCUT2D eigenvalue weighted by Crippen LogP contribution is -1.91. The van der Waals surface area contributed by atoms with Crippen LogP contribution in [0.3, 0.4) is 0 Å². The quantitative estimate of drug-likeness (QED) is 0.695. The van der Waals surface area contributed by atoms with Crippen LogP contribution in [0, 0.1) is 6.33 Å². The Bertz CT molecular complexity index is 420. The minimum absolute atomic E-state index is 0.683. The predicted octanol–water partition coefficient (Wildman–Crippen LogP) is 1.77. The summed E-state index contributed by atoms with van der Waals surface area (Å²) in [5.41, 5.74) is 2.00. The van der Waals surface area contributed by atoms with Gasteiger partial charge in [0.25, 0.3) is 0 Å². The van der Waals surface area contributed by atoms with Gasteiger partial charge < -0.3 is 9.30 Å². The van der Waals surface area contributed by atoms with Crippen molar-refractivity contribution in [1.82, 2.24) is 9.55 Å². The molecule has 2 rings (SSSR count). The number of hydrogen-bond donors (Lipinski definition) is 0. The standard InChI is InChI=1S/C10H11N2O/c1-3-13-8-4-5-10-9(6-8)11-7-12(10)2/h4-6H,3H2,1-2H3. The lowest BCUT2D eigenvalue weighted by molar-refractivity contribution is 0.340. The van der Waals surface area contributed by atoms with Gasteiger partial charge in [-0.3, -0.25) is 0 Å². The molecule has 0 unspecified atom stereocenters. The smallest absolute Gasteiger partial charge is 0.177 e. The second-order valence-corrected chi connectivity index (χ2v) is 2.85. The van der Waals surface area contributed by atoms with E-state index in [2.05, 4.69) is 11.3 Å². The molecule has 0 bridgehead atoms. The minimum atomic E-state index is 0.683. The van der Waals surface area contributed by atoms with Gasteiger partial charge in [0.1, 0.15) is 5.75 Å². The fourth-order valence-corrected chi connectivity index (χ4v) is 1.32. The Morgan fingerprint density at radius 3 is 3.15 bits per heavy atom. The third kappa shape index (κ3) is 1.37. The zero-order valence-electron chi connectivity index (χ0n) is 7.74. The first kappa shape index (κ1) is 8.10. The first-order valence-corrected chi connectivity index (χ1v) is 4.28. The molecule has 0 amide bonds. The molecular formula is C10H11N2O. The number of benzene rings is 1. The first-order valence-electron chi connectivity index (χ1n) is 4.28. The summed E-state index contributed by atoms with van der Waals surface area (Å²) in [7, 11) is 1.93. The molecule has 0 atom stereocenters. The maximum atomic E-state index is 5.36. The van der Waals surface area contributed by atoms with Crippen molar-refractivity contribution in [3.05, 3.63) is 24.5 Å². The Labute approximate surface area is 77.0 Å². The van der Waals surface area contributed by atoms with Crippen LogP contribution < -0.4 is 4.74 Å². The molecule has 1 radical (unpaired) electrons. The molecule has 0 saturated carbocycles. The summed E-state index contributed by atoms with van der Waals surface area (Å²) in [6.45, 7) is 2.65. The predicted molar refractivity (Wildman–Crippen MR) is 50.7 cm³/mol. The summed E-state index contributed by atoms with van der Waals surface area (Å²) < 4.78 is 7.23. The van der Waals surface area contributed by atoms with Crippen LogP contribution in [0.4, 0.5) is 0 Å². The Morgan fingerprint density at radius 2 is 2.38 bits per heavy atom. The van der Waals surface area contributed by atoms with E-state index in [4.69, 9.17) is 4.74 Å². The molecule has 0 saturated heterocycles. The van der Waals surface area contributed by atoms with Gasteiger partial charge in [0.2, 0.25) is 0 Å². The van der Waals surface area contributed by atoms with Gasteiger partial charge in [0.05, 0.1) is 17.6 Å². The Kier molecular flexibility index (Phi) is 1.93. The number of aromatic nitrogens is 2. The van der Waals surface area contributed by atoms with Crippen molar-refractivity contribution in [3.63, 3.8) is 0 Å². The summed E-state index contributed by atoms with van der Waals surface area (Å²) in [5, 5.41) is 0. The van der Waals surface area contributed by atoms with Gasteiger partial charge in [0, 0.05) is 13.1 Å². The molecule has 0 aliphatic heterocycles. The second-order valence-electron chi connectivity index (χ2n) is 2.85. The summed E-state index contributed by atoms with van der Waals surface area (Å²) in [5.74, 6) is 0.863. The van der Waals surface area contributed by atoms with Gasteiger partial charge in [-0.1, -0.05) is 0 Å². The van der Waals surface area contributed by atoms with E-state index in [1.54, 1.807) is 0 Å². The number of fused-ring (bicyclic) bond motifs is 1. The summed E-state index contributed by atoms with van der Waals surface area (Å²) in [4.78, 5) is 4.12. The molecule has 3 heteroatoms. The highest BCUT2D eigenvalue weighted by Gasteiger charge is 2.00. The minimum Gasteiger partial charge on any atom is -0.494 e. The molecule has 1 aromatic heterocycles. The number of hydrogen-bond acceptors (Lipinski definition) is 2. The Hall–Kier alpha value is -1.51. The number of ether oxygens (including phenoxy) is 1. The summed E-state index contributed by atoms with van der Waals surface area (Å²) in [6.07, 6.45) is 2.86. The third-order valence-electron chi connectivity index (χ3n) is 1.94. The zero-order valence-corrected chi connectivity index (χ0v) is 7.74. The van der Waals surface area contributed by atoms with E-state index in [-0.39, 0.29) is 0 Å². The first-order chi connectivity index (χ1) is 6.31. The van der Waals surface area contributed by atoms with Crippen molar-refractivity contribution in [1.29, 1.82) is 0 Å². The molecule has 0 aliphatic carbocycles. The highest BCUT2D eigenvalue weighted by Crippen LogP contribution is 2.18. The van der Waals surface area contributed by atoms with Crippen LogP contribution in [-0.4, -0.2) is 16.2 Å². The molecule has 3 nitrogen and oxygen atoms in total. The Morgan fingerprint density at radius 1 is 1.54 bits per heavy atom. The molecule has 13 heavy (non-hydrogen) atoms. The van der Waals surface area contributed by atoms with Gasteiger partial charge in [-0.2, -0.15) is 0 Å². The molecule has 0 aliphatic rings. The third-order valence-corrected chi connectivity index (χ3v) is 1.94. The summed E-state index contributed by atoms with van der Waals surface area (Å²) in [6, 6.07) is 5.86. The average molecular weight is 175 g/mol. The van der Waals surface area contributed by atoms with E-state index in [1.165, 1.54) is 0 Å². The van der Waals surface area contributed by atoms with Crippen LogP contribution in [0.5, 0.6) is 5.75 Å². The van der Waals surface area contributed by atoms with E-state index in [1.807, 2.05) is 36.7 Å². The maximum Gasteiger partial charge on any atom is 0.177 e. The van der Waals surface area contributed by atoms with Crippen molar-refractivity contribution < 1.29 is 4.74 Å². The SMILES string of the molecule is CCOc1ccc2c(c1)n[c]n2C. The normalized spacial score (nSPS) is 10.6. The highest BCUT2D eigenvalue weighted by molar-refractivity contribution is 5.76. The molecule has 0 spiro atoms. The molecule has 0 N–H and O–H groups in total. The van der Waals surface area contributed by atoms with Crippen molar-refractivity contribution in [2.75, 3.05) is 6.61 Å². The van der Waals surface area contributed by atoms with Crippen LogP contribution in [0.25, 0.3) is 11.0 Å². The molecule has 67 valence electrons. The van der Waals surface area contributed by atoms with Crippen LogP contribution in [0.2, 0.25) is 0 Å². The van der Waals surface area contributed by atoms with Gasteiger partial charge in [-0.05, 0) is 19.1 Å². The molecule has 1 heterocycles. The lowest BCUT2D eigenvalue weighted by atomic mass is 10.3. The fraction of sp³-hybridized carbons (Fsp3) is 0.300. The highest BCUT2D eigenvalue weighted by atomic mass is 16.5. The van der Waals surface area contributed by atoms with Gasteiger partial charge in [-0.25, -0.2) is 4.98 Å². The largest absolute Gasteiger partial charge is 0.494 e. The average Bonchev–Trinajstić information content (AvgIpc) is 2.48. The van der Waals surface area contributed by atoms with Gasteiger partial charge in [-0.15, -0.1) is 0 Å². The topological polar surface area (TPSA) is 27.1 Å². The van der Waals surface area contributed by atoms with E-state index in [0.29, 0.717) is 6.61 Å². The Balaban J connectivity index is 2.50. The van der Waals surface area contributed by atoms with Crippen molar-refractivity contribution in [2.45, 2.75) is 6.92 Å². The second kappa shape index (κ2) is 3.09. The molecule has 1 aromatic carbocycles.